The van der Waals surface area contributed by atoms with Crippen LogP contribution in [0.5, 0.6) is 5.75 Å². The van der Waals surface area contributed by atoms with E-state index < -0.39 is 9.84 Å². The average molecular weight is 448 g/mol. The maximum Gasteiger partial charge on any atom is 0.260 e. The van der Waals surface area contributed by atoms with E-state index in [1.54, 1.807) is 17.0 Å². The van der Waals surface area contributed by atoms with Gasteiger partial charge in [-0.25, -0.2) is 13.4 Å². The van der Waals surface area contributed by atoms with Gasteiger partial charge in [-0.15, -0.1) is 0 Å². The molecule has 0 aliphatic carbocycles. The fraction of sp³-hybridized carbons (Fsp3) is 0.333. The van der Waals surface area contributed by atoms with Crippen molar-refractivity contribution in [3.8, 4) is 5.75 Å². The number of fused-ring (bicyclic) bond motifs is 1. The molecule has 9 heteroatoms. The smallest absolute Gasteiger partial charge is 0.260 e. The van der Waals surface area contributed by atoms with Crippen molar-refractivity contribution < 1.29 is 17.9 Å². The lowest BCUT2D eigenvalue weighted by atomic mass is 10.2. The van der Waals surface area contributed by atoms with Gasteiger partial charge in [-0.1, -0.05) is 17.4 Å². The van der Waals surface area contributed by atoms with Gasteiger partial charge in [0.05, 0.1) is 16.2 Å². The summed E-state index contributed by atoms with van der Waals surface area (Å²) < 4.78 is 30.0. The minimum absolute atomic E-state index is 0.181. The van der Waals surface area contributed by atoms with Crippen LogP contribution in [0.4, 0.5) is 5.13 Å². The molecule has 0 spiro atoms. The number of carbonyl (C=O) groups excluding carboxylic acids is 1. The SMILES string of the molecule is CCOc1cccc2sc(N(CCN(C)C)C(=O)c3ccc(S(C)(=O)=O)cc3)nc12. The molecule has 30 heavy (non-hydrogen) atoms. The lowest BCUT2D eigenvalue weighted by molar-refractivity contribution is 0.0985. The molecule has 3 rings (SSSR count). The summed E-state index contributed by atoms with van der Waals surface area (Å²) in [5.41, 5.74) is 1.14. The Morgan fingerprint density at radius 1 is 1.10 bits per heavy atom. The van der Waals surface area contributed by atoms with Crippen molar-refractivity contribution in [3.63, 3.8) is 0 Å². The fourth-order valence-electron chi connectivity index (χ4n) is 2.88. The molecule has 0 fully saturated rings. The van der Waals surface area contributed by atoms with Crippen molar-refractivity contribution in [1.82, 2.24) is 9.88 Å². The summed E-state index contributed by atoms with van der Waals surface area (Å²) in [6.45, 7) is 3.55. The van der Waals surface area contributed by atoms with Gasteiger partial charge in [0, 0.05) is 24.9 Å². The van der Waals surface area contributed by atoms with Gasteiger partial charge in [-0.2, -0.15) is 0 Å². The number of likely N-dealkylation sites (N-methyl/N-ethyl adjacent to an activating group) is 1. The van der Waals surface area contributed by atoms with E-state index in [-0.39, 0.29) is 10.8 Å². The molecule has 0 unspecified atom stereocenters. The Bertz CT molecular complexity index is 1140. The number of hydrogen-bond donors (Lipinski definition) is 0. The van der Waals surface area contributed by atoms with Gasteiger partial charge in [0.2, 0.25) is 0 Å². The van der Waals surface area contributed by atoms with Gasteiger partial charge in [-0.3, -0.25) is 9.69 Å². The third-order valence-electron chi connectivity index (χ3n) is 4.45. The molecular weight excluding hydrogens is 422 g/mol. The van der Waals surface area contributed by atoms with Gasteiger partial charge in [0.25, 0.3) is 5.91 Å². The Kier molecular flexibility index (Phi) is 6.74. The van der Waals surface area contributed by atoms with E-state index in [4.69, 9.17) is 9.72 Å². The third kappa shape index (κ3) is 4.97. The molecule has 7 nitrogen and oxygen atoms in total. The molecule has 1 amide bonds. The predicted octanol–water partition coefficient (Wildman–Crippen LogP) is 3.31. The highest BCUT2D eigenvalue weighted by Crippen LogP contribution is 2.34. The van der Waals surface area contributed by atoms with Gasteiger partial charge in [0.15, 0.2) is 15.0 Å². The first-order valence-corrected chi connectivity index (χ1v) is 12.2. The number of ether oxygens (including phenoxy) is 1. The maximum absolute atomic E-state index is 13.3. The molecule has 0 aliphatic heterocycles. The molecule has 160 valence electrons. The summed E-state index contributed by atoms with van der Waals surface area (Å²) in [6, 6.07) is 11.7. The Hall–Kier alpha value is -2.49. The summed E-state index contributed by atoms with van der Waals surface area (Å²) in [5, 5.41) is 0.580. The standard InChI is InChI=1S/C21H25N3O4S2/c1-5-28-17-7-6-8-18-19(17)22-21(29-18)24(14-13-23(2)3)20(25)15-9-11-16(12-10-15)30(4,26)27/h6-12H,5,13-14H2,1-4H3. The van der Waals surface area contributed by atoms with Crippen LogP contribution in [0, 0.1) is 0 Å². The number of hydrogen-bond acceptors (Lipinski definition) is 7. The predicted molar refractivity (Wildman–Crippen MR) is 121 cm³/mol. The number of aromatic nitrogens is 1. The van der Waals surface area contributed by atoms with Crippen LogP contribution in [-0.4, -0.2) is 64.3 Å². The summed E-state index contributed by atoms with van der Waals surface area (Å²) in [5.74, 6) is 0.462. The topological polar surface area (TPSA) is 79.8 Å². The zero-order valence-corrected chi connectivity index (χ0v) is 19.1. The summed E-state index contributed by atoms with van der Waals surface area (Å²) >= 11 is 1.43. The van der Waals surface area contributed by atoms with Crippen molar-refractivity contribution in [2.24, 2.45) is 0 Å². The number of thiazole rings is 1. The third-order valence-corrected chi connectivity index (χ3v) is 6.62. The minimum Gasteiger partial charge on any atom is -0.492 e. The summed E-state index contributed by atoms with van der Waals surface area (Å²) in [7, 11) is 0.557. The number of anilines is 1. The van der Waals surface area contributed by atoms with E-state index >= 15 is 0 Å². The zero-order chi connectivity index (χ0) is 21.9. The lowest BCUT2D eigenvalue weighted by Gasteiger charge is -2.22. The van der Waals surface area contributed by atoms with Crippen LogP contribution in [0.25, 0.3) is 10.2 Å². The molecule has 1 heterocycles. The van der Waals surface area contributed by atoms with Gasteiger partial charge in [-0.05, 0) is 57.4 Å². The highest BCUT2D eigenvalue weighted by atomic mass is 32.2. The number of carbonyl (C=O) groups is 1. The molecule has 1 aromatic heterocycles. The van der Waals surface area contributed by atoms with Crippen molar-refractivity contribution in [1.29, 1.82) is 0 Å². The second-order valence-electron chi connectivity index (χ2n) is 7.09. The number of rotatable bonds is 8. The van der Waals surface area contributed by atoms with Crippen LogP contribution in [0.1, 0.15) is 17.3 Å². The highest BCUT2D eigenvalue weighted by molar-refractivity contribution is 7.90. The average Bonchev–Trinajstić information content (AvgIpc) is 3.12. The van der Waals surface area contributed by atoms with Crippen LogP contribution in [0.2, 0.25) is 0 Å². The number of benzene rings is 2. The van der Waals surface area contributed by atoms with E-state index in [1.165, 1.54) is 23.5 Å². The van der Waals surface area contributed by atoms with E-state index in [0.717, 1.165) is 16.5 Å². The lowest BCUT2D eigenvalue weighted by Crippen LogP contribution is -2.36. The van der Waals surface area contributed by atoms with Crippen LogP contribution in [-0.2, 0) is 9.84 Å². The van der Waals surface area contributed by atoms with Gasteiger partial charge >= 0.3 is 0 Å². The van der Waals surface area contributed by atoms with E-state index in [1.807, 2.05) is 44.1 Å². The monoisotopic (exact) mass is 447 g/mol. The van der Waals surface area contributed by atoms with Gasteiger partial charge in [0.1, 0.15) is 11.3 Å². The Balaban J connectivity index is 1.99. The van der Waals surface area contributed by atoms with Gasteiger partial charge < -0.3 is 9.64 Å². The molecular formula is C21H25N3O4S2. The largest absolute Gasteiger partial charge is 0.492 e. The molecule has 0 atom stereocenters. The van der Waals surface area contributed by atoms with Crippen LogP contribution in [0.3, 0.4) is 0 Å². The number of amides is 1. The minimum atomic E-state index is -3.32. The van der Waals surface area contributed by atoms with Crippen molar-refractivity contribution in [2.75, 3.05) is 44.9 Å². The highest BCUT2D eigenvalue weighted by Gasteiger charge is 2.23. The van der Waals surface area contributed by atoms with Crippen LogP contribution >= 0.6 is 11.3 Å². The van der Waals surface area contributed by atoms with Crippen LogP contribution < -0.4 is 9.64 Å². The number of para-hydroxylation sites is 1. The second kappa shape index (κ2) is 9.11. The summed E-state index contributed by atoms with van der Waals surface area (Å²) in [4.78, 5) is 21.8. The first-order chi connectivity index (χ1) is 14.2. The molecule has 0 saturated carbocycles. The zero-order valence-electron chi connectivity index (χ0n) is 17.5. The van der Waals surface area contributed by atoms with Crippen molar-refractivity contribution in [3.05, 3.63) is 48.0 Å². The number of sulfone groups is 1. The molecule has 0 N–H and O–H groups in total. The van der Waals surface area contributed by atoms with Crippen molar-refractivity contribution >= 4 is 42.4 Å². The van der Waals surface area contributed by atoms with E-state index in [9.17, 15) is 13.2 Å². The molecule has 0 saturated heterocycles. The number of nitrogens with zero attached hydrogens (tertiary/aromatic N) is 3. The Labute approximate surface area is 180 Å². The van der Waals surface area contributed by atoms with E-state index in [0.29, 0.717) is 36.1 Å². The van der Waals surface area contributed by atoms with Crippen molar-refractivity contribution in [2.45, 2.75) is 11.8 Å². The fourth-order valence-corrected chi connectivity index (χ4v) is 4.52. The Morgan fingerprint density at radius 3 is 2.40 bits per heavy atom. The maximum atomic E-state index is 13.3. The van der Waals surface area contributed by atoms with Crippen LogP contribution in [0.15, 0.2) is 47.4 Å². The normalized spacial score (nSPS) is 11.8. The quantitative estimate of drug-likeness (QED) is 0.527. The Morgan fingerprint density at radius 2 is 1.80 bits per heavy atom. The summed E-state index contributed by atoms with van der Waals surface area (Å²) in [6.07, 6.45) is 1.14. The van der Waals surface area contributed by atoms with E-state index in [2.05, 4.69) is 0 Å². The first kappa shape index (κ1) is 22.2. The second-order valence-corrected chi connectivity index (χ2v) is 10.1. The molecule has 0 aliphatic rings. The molecule has 0 radical (unpaired) electrons. The molecule has 0 bridgehead atoms. The molecule has 3 aromatic rings. The molecule has 2 aromatic carbocycles. The first-order valence-electron chi connectivity index (χ1n) is 9.49.